The number of nitrogens with one attached hydrogen (secondary N) is 7. The van der Waals surface area contributed by atoms with Crippen LogP contribution in [-0.2, 0) is 95.3 Å². The predicted octanol–water partition coefficient (Wildman–Crippen LogP) is 7.06. The van der Waals surface area contributed by atoms with Gasteiger partial charge in [0.25, 0.3) is 17.4 Å². The summed E-state index contributed by atoms with van der Waals surface area (Å²) in [5.41, 5.74) is 9.53. The van der Waals surface area contributed by atoms with Gasteiger partial charge in [-0.1, -0.05) is 78.4 Å². The number of amides is 5. The number of nitrogens with two attached hydrogens (primary N) is 1. The van der Waals surface area contributed by atoms with E-state index in [9.17, 15) is 38.7 Å². The predicted molar refractivity (Wildman–Crippen MR) is 425 cm³/mol. The zero-order valence-electron chi connectivity index (χ0n) is 64.6. The Morgan fingerprint density at radius 3 is 1.90 bits per heavy atom. The quantitative estimate of drug-likeness (QED) is 0.0136. The van der Waals surface area contributed by atoms with E-state index in [1.807, 2.05) is 84.9 Å². The highest BCUT2D eigenvalue weighted by molar-refractivity contribution is 8.00. The van der Waals surface area contributed by atoms with Crippen molar-refractivity contribution >= 4 is 70.1 Å². The number of halogens is 1. The summed E-state index contributed by atoms with van der Waals surface area (Å²) in [6.07, 6.45) is 5.84. The summed E-state index contributed by atoms with van der Waals surface area (Å²) in [5.74, 6) is -0.821. The molecule has 0 aliphatic heterocycles. The third-order valence-electron chi connectivity index (χ3n) is 18.7. The zero-order chi connectivity index (χ0) is 80.8. The van der Waals surface area contributed by atoms with Crippen molar-refractivity contribution < 1.29 is 80.9 Å². The number of carbonyl (C=O) groups excluding carboxylic acids is 5. The largest absolute Gasteiger partial charge is 0.497 e. The molecule has 3 heterocycles. The van der Waals surface area contributed by atoms with Gasteiger partial charge in [0.2, 0.25) is 29.3 Å². The molecule has 1 aliphatic rings. The number of thioether (sulfide) groups is 1. The van der Waals surface area contributed by atoms with Crippen LogP contribution in [0.1, 0.15) is 119 Å². The fourth-order valence-electron chi connectivity index (χ4n) is 12.7. The molecular weight excluding hydrogens is 1490 g/mol. The van der Waals surface area contributed by atoms with Crippen LogP contribution in [0.25, 0.3) is 11.2 Å². The molecule has 33 heteroatoms. The van der Waals surface area contributed by atoms with Gasteiger partial charge in [-0.3, -0.25) is 33.8 Å². The fourth-order valence-corrected chi connectivity index (χ4v) is 14.1. The summed E-state index contributed by atoms with van der Waals surface area (Å²) in [5, 5.41) is 35.3. The number of fused-ring (bicyclic) bond motifs is 2. The van der Waals surface area contributed by atoms with Crippen LogP contribution in [0, 0.1) is 0 Å². The van der Waals surface area contributed by atoms with Crippen molar-refractivity contribution in [1.29, 1.82) is 0 Å². The number of aliphatic carboxylic acids is 1. The molecule has 10 N–H and O–H groups in total. The highest BCUT2D eigenvalue weighted by atomic mass is 32.2. The van der Waals surface area contributed by atoms with Gasteiger partial charge in [-0.05, 0) is 134 Å². The first-order valence-corrected chi connectivity index (χ1v) is 39.2. The normalized spacial score (nSPS) is 13.7. The van der Waals surface area contributed by atoms with E-state index in [1.165, 1.54) is 18.3 Å². The molecule has 8 aromatic rings. The second-order valence-electron chi connectivity index (χ2n) is 26.7. The summed E-state index contributed by atoms with van der Waals surface area (Å²) in [6.45, 7) is 5.19. The van der Waals surface area contributed by atoms with Crippen LogP contribution in [0.15, 0.2) is 132 Å². The topological polar surface area (TPSA) is 406 Å². The Morgan fingerprint density at radius 1 is 0.649 bits per heavy atom. The fraction of sp³-hybridized carbons (Fsp3) is 0.457. The number of hydrogen-bond acceptors (Lipinski definition) is 24. The monoisotopic (exact) mass is 1590 g/mol. The second-order valence-corrected chi connectivity index (χ2v) is 28.0. The van der Waals surface area contributed by atoms with Gasteiger partial charge in [0.15, 0.2) is 11.2 Å². The average molecular weight is 1600 g/mol. The minimum Gasteiger partial charge on any atom is -0.497 e. The Hall–Kier alpha value is -10.7. The lowest BCUT2D eigenvalue weighted by Gasteiger charge is -2.36. The highest BCUT2D eigenvalue weighted by Crippen LogP contribution is 2.50. The number of H-pyrrole nitrogens is 1. The Kier molecular flexibility index (Phi) is 35.6. The molecule has 612 valence electrons. The number of aryl methyl sites for hydroxylation is 2. The number of hydrogen-bond donors (Lipinski definition) is 9. The van der Waals surface area contributed by atoms with Gasteiger partial charge in [0.1, 0.15) is 29.0 Å². The first-order valence-electron chi connectivity index (χ1n) is 38.2. The van der Waals surface area contributed by atoms with Gasteiger partial charge in [0, 0.05) is 82.2 Å². The first-order chi connectivity index (χ1) is 55.5. The van der Waals surface area contributed by atoms with Crippen LogP contribution < -0.4 is 57.4 Å². The van der Waals surface area contributed by atoms with Crippen LogP contribution in [0.5, 0.6) is 17.2 Å². The molecule has 0 saturated heterocycles. The Morgan fingerprint density at radius 2 is 1.25 bits per heavy atom. The standard InChI is InChI=1S/C81H103FN14O17S/c1-105-64-25-18-59(19-26-64)81(60-20-27-65(106-2)28-21-60,61-22-30-68(107-3)58(52-61)17-31-70(98)88-53-56-12-6-4-7-13-56)114-51-33-71(99)84-35-10-39-108-43-47-112-48-44-109-40-11-38-96-67-14-8-5-9-34-80(82,73(67)94-95-96)78(104)86-37-42-111-46-50-113-49-45-110-41-36-85-69(97)32-29-66(77(102)103)91-75(100)57-15-23-62(24-16-57)87-54-63-55-89-74-72(90-63)76(101)93-79(83)92-74/h4,6-7,12-13,15-16,18-28,30,52,55,66,87H,5,8-11,14,17,29,31-51,53-54H2,1-3H3,(H,84,99)(H,85,97)(H,86,104)(H,88,98)(H,91,100)(H,102,103)(H3,83,89,92,93,101). The number of alkyl halides is 1. The molecule has 0 bridgehead atoms. The molecule has 5 amide bonds. The maximum atomic E-state index is 16.8. The molecule has 2 unspecified atom stereocenters. The van der Waals surface area contributed by atoms with Crippen LogP contribution >= 0.6 is 11.8 Å². The van der Waals surface area contributed by atoms with Crippen molar-refractivity contribution in [3.63, 3.8) is 0 Å². The SMILES string of the molecule is COc1ccc(C(SCCC(=O)NCCCOCCOCCOCCCn2nnc3c2CCCCCC3(F)C(=O)NCCOCCOCCOCCNC(=O)CCC(NC(=O)c2ccc(NCc3cnc4nc(N)[nH]c(=O)c4n3)cc2)C(=O)O)(c2ccc(OC)cc2)c2ccc(OC)c(CCC(=O)NCc3ccccc3)c2)cc1. The molecule has 0 spiro atoms. The van der Waals surface area contributed by atoms with E-state index in [0.29, 0.717) is 131 Å². The molecular formula is C81H103FN14O17S. The smallest absolute Gasteiger partial charge is 0.326 e. The molecule has 0 fully saturated rings. The lowest BCUT2D eigenvalue weighted by atomic mass is 9.83. The lowest BCUT2D eigenvalue weighted by molar-refractivity contribution is -0.139. The number of benzene rings is 5. The van der Waals surface area contributed by atoms with E-state index in [1.54, 1.807) is 49.9 Å². The van der Waals surface area contributed by atoms with Crippen LogP contribution in [0.3, 0.4) is 0 Å². The van der Waals surface area contributed by atoms with Crippen LogP contribution in [0.4, 0.5) is 16.0 Å². The average Bonchev–Trinajstić information content (AvgIpc) is 0.773. The number of nitrogens with zero attached hydrogens (tertiary/aromatic N) is 6. The lowest BCUT2D eigenvalue weighted by Crippen LogP contribution is -2.44. The minimum atomic E-state index is -2.36. The molecule has 114 heavy (non-hydrogen) atoms. The van der Waals surface area contributed by atoms with Crippen molar-refractivity contribution in [3.05, 3.63) is 188 Å². The third-order valence-corrected chi connectivity index (χ3v) is 20.2. The zero-order valence-corrected chi connectivity index (χ0v) is 65.5. The van der Waals surface area contributed by atoms with E-state index in [2.05, 4.69) is 74.3 Å². The molecule has 0 saturated carbocycles. The van der Waals surface area contributed by atoms with E-state index < -0.39 is 45.7 Å². The van der Waals surface area contributed by atoms with E-state index in [4.69, 9.17) is 48.4 Å². The molecule has 0 radical (unpaired) electrons. The summed E-state index contributed by atoms with van der Waals surface area (Å²) in [6, 6.07) is 36.8. The Bertz CT molecular complexity index is 4370. The molecule has 1 aliphatic carbocycles. The molecule has 5 aromatic carbocycles. The van der Waals surface area contributed by atoms with Gasteiger partial charge >= 0.3 is 5.97 Å². The van der Waals surface area contributed by atoms with Crippen molar-refractivity contribution in [2.24, 2.45) is 0 Å². The molecule has 9 rings (SSSR count). The number of anilines is 2. The number of carboxylic acids is 1. The molecule has 3 aromatic heterocycles. The van der Waals surface area contributed by atoms with Gasteiger partial charge in [-0.2, -0.15) is 4.98 Å². The summed E-state index contributed by atoms with van der Waals surface area (Å²) in [7, 11) is 4.89. The molecule has 31 nitrogen and oxygen atoms in total. The Labute approximate surface area is 665 Å². The third kappa shape index (κ3) is 26.7. The minimum absolute atomic E-state index is 0.0250. The number of carboxylic acid groups (broad SMARTS) is 1. The number of methoxy groups -OCH3 is 3. The van der Waals surface area contributed by atoms with E-state index in [-0.39, 0.29) is 132 Å². The van der Waals surface area contributed by atoms with Gasteiger partial charge in [-0.25, -0.2) is 23.8 Å². The van der Waals surface area contributed by atoms with Gasteiger partial charge in [0.05, 0.1) is 116 Å². The maximum Gasteiger partial charge on any atom is 0.326 e. The number of rotatable bonds is 51. The Balaban J connectivity index is 0.585. The number of aromatic nitrogens is 7. The summed E-state index contributed by atoms with van der Waals surface area (Å²) in [4.78, 5) is 104. The van der Waals surface area contributed by atoms with Gasteiger partial charge in [-0.15, -0.1) is 16.9 Å². The number of ether oxygens (including phenoxy) is 9. The summed E-state index contributed by atoms with van der Waals surface area (Å²) < 4.78 is 68.8. The second kappa shape index (κ2) is 46.5. The van der Waals surface area contributed by atoms with Crippen LogP contribution in [0.2, 0.25) is 0 Å². The maximum absolute atomic E-state index is 16.8. The van der Waals surface area contributed by atoms with Gasteiger partial charge < -0.3 is 85.4 Å². The van der Waals surface area contributed by atoms with Crippen LogP contribution in [-0.4, -0.2) is 208 Å². The number of carbonyl (C=O) groups is 6. The van der Waals surface area contributed by atoms with Crippen molar-refractivity contribution in [3.8, 4) is 17.2 Å². The number of nitrogen functional groups attached to an aromatic ring is 1. The van der Waals surface area contributed by atoms with Crippen molar-refractivity contribution in [1.82, 2.24) is 61.5 Å². The van der Waals surface area contributed by atoms with Crippen molar-refractivity contribution in [2.45, 2.75) is 113 Å². The summed E-state index contributed by atoms with van der Waals surface area (Å²) >= 11 is 1.65. The van der Waals surface area contributed by atoms with E-state index >= 15 is 4.39 Å². The first kappa shape index (κ1) is 87.3. The van der Waals surface area contributed by atoms with E-state index in [0.717, 1.165) is 40.7 Å². The molecule has 2 atom stereocenters. The van der Waals surface area contributed by atoms with Crippen molar-refractivity contribution in [2.75, 3.05) is 137 Å². The number of aromatic amines is 1. The highest BCUT2D eigenvalue weighted by Gasteiger charge is 2.46.